The van der Waals surface area contributed by atoms with Gasteiger partial charge in [0.2, 0.25) is 0 Å². The van der Waals surface area contributed by atoms with Crippen LogP contribution < -0.4 is 5.73 Å². The van der Waals surface area contributed by atoms with Crippen molar-refractivity contribution in [3.8, 4) is 0 Å². The fraction of sp³-hybridized carbons (Fsp3) is 0.833. The van der Waals surface area contributed by atoms with Crippen molar-refractivity contribution in [3.05, 3.63) is 0 Å². The molecule has 72 valence electrons. The van der Waals surface area contributed by atoms with Crippen LogP contribution in [0.5, 0.6) is 0 Å². The van der Waals surface area contributed by atoms with E-state index in [1.54, 1.807) is 0 Å². The van der Waals surface area contributed by atoms with Gasteiger partial charge in [-0.1, -0.05) is 0 Å². The fourth-order valence-corrected chi connectivity index (χ4v) is 1.33. The molecule has 3 N–H and O–H groups in total. The average Bonchev–Trinajstić information content (AvgIpc) is 2.04. The summed E-state index contributed by atoms with van der Waals surface area (Å²) < 4.78 is 25.3. The van der Waals surface area contributed by atoms with Crippen molar-refractivity contribution in [1.29, 1.82) is 0 Å². The first-order valence-electron chi connectivity index (χ1n) is 3.29. The van der Waals surface area contributed by atoms with Crippen LogP contribution in [0.25, 0.3) is 0 Å². The van der Waals surface area contributed by atoms with E-state index < -0.39 is 30.3 Å². The number of carbonyl (C=O) groups is 1. The van der Waals surface area contributed by atoms with Crippen LogP contribution in [0, 0.1) is 5.92 Å². The Hall–Kier alpha value is -0.420. The van der Waals surface area contributed by atoms with Gasteiger partial charge in [-0.25, -0.2) is 8.78 Å². The van der Waals surface area contributed by atoms with Crippen LogP contribution in [0.4, 0.5) is 8.78 Å². The second-order valence-corrected chi connectivity index (χ2v) is 2.85. The van der Waals surface area contributed by atoms with Crippen molar-refractivity contribution in [2.24, 2.45) is 11.7 Å². The maximum absolute atomic E-state index is 12.6. The second kappa shape index (κ2) is 3.53. The third kappa shape index (κ3) is 2.04. The minimum Gasteiger partial charge on any atom is -0.481 e. The van der Waals surface area contributed by atoms with Gasteiger partial charge in [-0.2, -0.15) is 0 Å². The molecule has 1 aliphatic carbocycles. The van der Waals surface area contributed by atoms with Crippen LogP contribution in [0.1, 0.15) is 12.8 Å². The maximum atomic E-state index is 12.6. The van der Waals surface area contributed by atoms with Crippen LogP contribution in [-0.4, -0.2) is 23.0 Å². The van der Waals surface area contributed by atoms with Crippen LogP contribution in [0.2, 0.25) is 0 Å². The van der Waals surface area contributed by atoms with Gasteiger partial charge in [0, 0.05) is 12.5 Å². The highest BCUT2D eigenvalue weighted by Gasteiger charge is 2.51. The number of rotatable bonds is 1. The summed E-state index contributed by atoms with van der Waals surface area (Å²) in [7, 11) is 0. The van der Waals surface area contributed by atoms with Crippen LogP contribution in [-0.2, 0) is 4.79 Å². The Bertz CT molecular complexity index is 188. The van der Waals surface area contributed by atoms with E-state index in [1.165, 1.54) is 0 Å². The molecule has 0 spiro atoms. The lowest BCUT2D eigenvalue weighted by Crippen LogP contribution is -2.28. The van der Waals surface area contributed by atoms with E-state index in [1.807, 2.05) is 0 Å². The molecule has 6 heteroatoms. The summed E-state index contributed by atoms with van der Waals surface area (Å²) in [6, 6.07) is -0.675. The van der Waals surface area contributed by atoms with Crippen molar-refractivity contribution in [1.82, 2.24) is 0 Å². The number of nitrogens with two attached hydrogens (primary N) is 1. The van der Waals surface area contributed by atoms with Gasteiger partial charge in [0.1, 0.15) is 5.92 Å². The third-order valence-corrected chi connectivity index (χ3v) is 1.88. The molecule has 0 bridgehead atoms. The third-order valence-electron chi connectivity index (χ3n) is 1.88. The molecule has 2 atom stereocenters. The number of carboxylic acid groups (broad SMARTS) is 1. The van der Waals surface area contributed by atoms with Gasteiger partial charge >= 0.3 is 5.97 Å². The smallest absolute Gasteiger partial charge is 0.312 e. The minimum atomic E-state index is -3.12. The molecule has 0 unspecified atom stereocenters. The summed E-state index contributed by atoms with van der Waals surface area (Å²) in [5.41, 5.74) is 5.20. The van der Waals surface area contributed by atoms with E-state index in [9.17, 15) is 13.6 Å². The number of hydrogen-bond acceptors (Lipinski definition) is 2. The number of halogens is 3. The molecule has 0 radical (unpaired) electrons. The zero-order chi connectivity index (χ0) is 8.65. The van der Waals surface area contributed by atoms with E-state index in [0.29, 0.717) is 0 Å². The molecule has 0 aromatic rings. The van der Waals surface area contributed by atoms with Gasteiger partial charge < -0.3 is 10.8 Å². The van der Waals surface area contributed by atoms with Gasteiger partial charge in [0.15, 0.2) is 0 Å². The molecule has 12 heavy (non-hydrogen) atoms. The molecule has 1 saturated carbocycles. The van der Waals surface area contributed by atoms with Gasteiger partial charge in [0.25, 0.3) is 5.92 Å². The Morgan fingerprint density at radius 1 is 1.58 bits per heavy atom. The first-order chi connectivity index (χ1) is 4.93. The van der Waals surface area contributed by atoms with Crippen molar-refractivity contribution < 1.29 is 18.7 Å². The highest BCUT2D eigenvalue weighted by atomic mass is 35.5. The van der Waals surface area contributed by atoms with E-state index in [4.69, 9.17) is 10.8 Å². The molecular formula is C6H10ClF2NO2. The Kier molecular flexibility index (Phi) is 3.41. The molecular weight excluding hydrogens is 192 g/mol. The minimum absolute atomic E-state index is 0. The summed E-state index contributed by atoms with van der Waals surface area (Å²) in [5, 5.41) is 8.33. The fourth-order valence-electron chi connectivity index (χ4n) is 1.33. The lowest BCUT2D eigenvalue weighted by atomic mass is 10.1. The normalized spacial score (nSPS) is 32.6. The Morgan fingerprint density at radius 3 is 2.25 bits per heavy atom. The molecule has 0 saturated heterocycles. The highest BCUT2D eigenvalue weighted by Crippen LogP contribution is 2.39. The SMILES string of the molecule is Cl.N[C@@H]1C[C@H](C(=O)O)C(F)(F)C1. The lowest BCUT2D eigenvalue weighted by molar-refractivity contribution is -0.153. The topological polar surface area (TPSA) is 63.3 Å². The number of aliphatic carboxylic acids is 1. The number of alkyl halides is 2. The van der Waals surface area contributed by atoms with E-state index in [-0.39, 0.29) is 18.8 Å². The summed E-state index contributed by atoms with van der Waals surface area (Å²) in [4.78, 5) is 10.2. The van der Waals surface area contributed by atoms with Gasteiger partial charge in [-0.05, 0) is 6.42 Å². The standard InChI is InChI=1S/C6H9F2NO2.ClH/c7-6(8)2-3(9)1-4(6)5(10)11;/h3-4H,1-2,9H2,(H,10,11);1H/t3-,4-;/m1./s1. The van der Waals surface area contributed by atoms with Gasteiger partial charge in [-0.15, -0.1) is 12.4 Å². The summed E-state index contributed by atoms with van der Waals surface area (Å²) >= 11 is 0. The van der Waals surface area contributed by atoms with E-state index in [0.717, 1.165) is 0 Å². The molecule has 1 fully saturated rings. The average molecular weight is 202 g/mol. The second-order valence-electron chi connectivity index (χ2n) is 2.85. The molecule has 0 aromatic carbocycles. The Morgan fingerprint density at radius 2 is 2.08 bits per heavy atom. The zero-order valence-corrected chi connectivity index (χ0v) is 6.98. The predicted molar refractivity (Wildman–Crippen MR) is 40.5 cm³/mol. The van der Waals surface area contributed by atoms with Gasteiger partial charge in [-0.3, -0.25) is 4.79 Å². The van der Waals surface area contributed by atoms with Crippen LogP contribution in [0.3, 0.4) is 0 Å². The number of carboxylic acids is 1. The summed E-state index contributed by atoms with van der Waals surface area (Å²) in [6.45, 7) is 0. The van der Waals surface area contributed by atoms with Crippen molar-refractivity contribution in [3.63, 3.8) is 0 Å². The lowest BCUT2D eigenvalue weighted by Gasteiger charge is -2.13. The largest absolute Gasteiger partial charge is 0.481 e. The highest BCUT2D eigenvalue weighted by molar-refractivity contribution is 5.85. The molecule has 0 heterocycles. The van der Waals surface area contributed by atoms with Crippen molar-refractivity contribution >= 4 is 18.4 Å². The maximum Gasteiger partial charge on any atom is 0.312 e. The monoisotopic (exact) mass is 201 g/mol. The predicted octanol–water partition coefficient (Wildman–Crippen LogP) is 0.865. The van der Waals surface area contributed by atoms with Crippen LogP contribution in [0.15, 0.2) is 0 Å². The van der Waals surface area contributed by atoms with Crippen molar-refractivity contribution in [2.75, 3.05) is 0 Å². The Balaban J connectivity index is 0.00000121. The molecule has 1 aliphatic rings. The van der Waals surface area contributed by atoms with E-state index >= 15 is 0 Å². The van der Waals surface area contributed by atoms with Crippen molar-refractivity contribution in [2.45, 2.75) is 24.8 Å². The quantitative estimate of drug-likeness (QED) is 0.662. The zero-order valence-electron chi connectivity index (χ0n) is 6.17. The van der Waals surface area contributed by atoms with Gasteiger partial charge in [0.05, 0.1) is 0 Å². The Labute approximate surface area is 74.3 Å². The first kappa shape index (κ1) is 11.6. The molecule has 1 rings (SSSR count). The summed E-state index contributed by atoms with van der Waals surface area (Å²) in [6.07, 6.45) is -0.633. The van der Waals surface area contributed by atoms with E-state index in [2.05, 4.69) is 0 Å². The molecule has 0 aromatic heterocycles. The first-order valence-corrected chi connectivity index (χ1v) is 3.29. The molecule has 0 aliphatic heterocycles. The van der Waals surface area contributed by atoms with Crippen LogP contribution >= 0.6 is 12.4 Å². The molecule has 0 amide bonds. The number of hydrogen-bond donors (Lipinski definition) is 2. The molecule has 3 nitrogen and oxygen atoms in total. The summed E-state index contributed by atoms with van der Waals surface area (Å²) in [5.74, 6) is -6.16.